The molecule has 1 aliphatic rings. The van der Waals surface area contributed by atoms with Crippen molar-refractivity contribution >= 4 is 6.16 Å². The zero-order chi connectivity index (χ0) is 15.5. The Morgan fingerprint density at radius 1 is 1.43 bits per heavy atom. The molecule has 0 bridgehead atoms. The summed E-state index contributed by atoms with van der Waals surface area (Å²) in [5.74, 6) is -1.06. The van der Waals surface area contributed by atoms with Gasteiger partial charge < -0.3 is 14.2 Å². The first-order chi connectivity index (χ1) is 9.85. The normalized spacial score (nSPS) is 21.0. The lowest BCUT2D eigenvalue weighted by atomic mass is 10.0. The maximum absolute atomic E-state index is 12.6. The average molecular weight is 304 g/mol. The molecular weight excluding hydrogens is 289 g/mol. The topological polar surface area (TPSA) is 48.1 Å². The van der Waals surface area contributed by atoms with E-state index in [1.807, 2.05) is 0 Å². The van der Waals surface area contributed by atoms with Crippen LogP contribution in [0.1, 0.15) is 24.5 Å². The van der Waals surface area contributed by atoms with Crippen LogP contribution < -0.4 is 0 Å². The summed E-state index contributed by atoms with van der Waals surface area (Å²) in [5.41, 5.74) is -0.191. The Labute approximate surface area is 119 Å². The van der Waals surface area contributed by atoms with Crippen molar-refractivity contribution in [3.05, 3.63) is 35.4 Å². The highest BCUT2D eigenvalue weighted by atomic mass is 19.4. The molecule has 4 nitrogen and oxygen atoms in total. The van der Waals surface area contributed by atoms with Crippen LogP contribution in [0.25, 0.3) is 0 Å². The van der Waals surface area contributed by atoms with Gasteiger partial charge in [0.15, 0.2) is 0 Å². The maximum atomic E-state index is 12.6. The van der Waals surface area contributed by atoms with E-state index in [0.717, 1.165) is 12.1 Å². The molecule has 1 atom stereocenters. The van der Waals surface area contributed by atoms with Gasteiger partial charge in [-0.15, -0.1) is 0 Å². The molecule has 0 aliphatic carbocycles. The molecule has 7 heteroatoms. The lowest BCUT2D eigenvalue weighted by Gasteiger charge is -2.13. The van der Waals surface area contributed by atoms with Gasteiger partial charge >= 0.3 is 12.3 Å². The summed E-state index contributed by atoms with van der Waals surface area (Å²) in [5, 5.41) is 0. The number of hydrogen-bond acceptors (Lipinski definition) is 4. The lowest BCUT2D eigenvalue weighted by Crippen LogP contribution is -2.23. The Morgan fingerprint density at radius 3 is 2.71 bits per heavy atom. The molecule has 1 aromatic carbocycles. The number of halogens is 3. The summed E-state index contributed by atoms with van der Waals surface area (Å²) in [4.78, 5) is 11.2. The first-order valence-electron chi connectivity index (χ1n) is 6.50. The van der Waals surface area contributed by atoms with Crippen LogP contribution in [-0.4, -0.2) is 25.2 Å². The Hall–Kier alpha value is -1.76. The van der Waals surface area contributed by atoms with Crippen LogP contribution in [0.2, 0.25) is 0 Å². The predicted octanol–water partition coefficient (Wildman–Crippen LogP) is 3.54. The maximum Gasteiger partial charge on any atom is 0.510 e. The third-order valence-corrected chi connectivity index (χ3v) is 3.05. The molecule has 0 radical (unpaired) electrons. The molecule has 1 heterocycles. The van der Waals surface area contributed by atoms with Gasteiger partial charge in [-0.1, -0.05) is 18.2 Å². The van der Waals surface area contributed by atoms with E-state index in [2.05, 4.69) is 4.74 Å². The zero-order valence-electron chi connectivity index (χ0n) is 11.4. The van der Waals surface area contributed by atoms with Crippen molar-refractivity contribution in [2.75, 3.05) is 13.2 Å². The van der Waals surface area contributed by atoms with Crippen molar-refractivity contribution in [3.8, 4) is 0 Å². The summed E-state index contributed by atoms with van der Waals surface area (Å²) in [6.07, 6.45) is -4.61. The molecule has 1 fully saturated rings. The largest absolute Gasteiger partial charge is 0.510 e. The lowest BCUT2D eigenvalue weighted by molar-refractivity contribution is -0.137. The van der Waals surface area contributed by atoms with Crippen molar-refractivity contribution < 1.29 is 32.2 Å². The van der Waals surface area contributed by atoms with E-state index in [1.54, 1.807) is 13.0 Å². The zero-order valence-corrected chi connectivity index (χ0v) is 11.4. The molecule has 0 amide bonds. The van der Waals surface area contributed by atoms with Crippen LogP contribution in [0, 0.1) is 0 Å². The second-order valence-electron chi connectivity index (χ2n) is 4.68. The van der Waals surface area contributed by atoms with Crippen molar-refractivity contribution in [1.29, 1.82) is 0 Å². The monoisotopic (exact) mass is 304 g/mol. The van der Waals surface area contributed by atoms with Crippen LogP contribution >= 0.6 is 0 Å². The Kier molecular flexibility index (Phi) is 4.41. The third-order valence-electron chi connectivity index (χ3n) is 3.05. The fourth-order valence-electron chi connectivity index (χ4n) is 1.87. The number of ether oxygens (including phenoxy) is 3. The molecule has 0 N–H and O–H groups in total. The van der Waals surface area contributed by atoms with Gasteiger partial charge in [-0.3, -0.25) is 0 Å². The fraction of sp³-hybridized carbons (Fsp3) is 0.500. The highest BCUT2D eigenvalue weighted by Crippen LogP contribution is 2.35. The quantitative estimate of drug-likeness (QED) is 0.616. The number of benzene rings is 1. The van der Waals surface area contributed by atoms with Crippen molar-refractivity contribution in [3.63, 3.8) is 0 Å². The minimum atomic E-state index is -4.37. The Morgan fingerprint density at radius 2 is 2.14 bits per heavy atom. The Balaban J connectivity index is 1.93. The molecule has 1 unspecified atom stereocenters. The summed E-state index contributed by atoms with van der Waals surface area (Å²) < 4.78 is 52.5. The summed E-state index contributed by atoms with van der Waals surface area (Å²) in [7, 11) is 0. The number of epoxide rings is 1. The second kappa shape index (κ2) is 5.93. The summed E-state index contributed by atoms with van der Waals surface area (Å²) in [6.45, 7) is 2.05. The van der Waals surface area contributed by atoms with Gasteiger partial charge in [0.2, 0.25) is 5.79 Å². The van der Waals surface area contributed by atoms with Gasteiger partial charge in [0.25, 0.3) is 0 Å². The number of carbonyl (C=O) groups excluding carboxylic acids is 1. The first kappa shape index (κ1) is 15.6. The second-order valence-corrected chi connectivity index (χ2v) is 4.68. The van der Waals surface area contributed by atoms with Gasteiger partial charge in [0.1, 0.15) is 6.61 Å². The first-order valence-corrected chi connectivity index (χ1v) is 6.50. The molecule has 21 heavy (non-hydrogen) atoms. The van der Waals surface area contributed by atoms with Crippen LogP contribution in [-0.2, 0) is 26.8 Å². The number of rotatable bonds is 5. The Bertz CT molecular complexity index is 509. The summed E-state index contributed by atoms with van der Waals surface area (Å²) in [6, 6.07) is 5.04. The van der Waals surface area contributed by atoms with E-state index in [-0.39, 0.29) is 19.6 Å². The molecule has 0 aromatic heterocycles. The van der Waals surface area contributed by atoms with Gasteiger partial charge in [-0.25, -0.2) is 4.79 Å². The smallest absolute Gasteiger partial charge is 0.435 e. The fourth-order valence-corrected chi connectivity index (χ4v) is 1.87. The van der Waals surface area contributed by atoms with E-state index in [9.17, 15) is 18.0 Å². The molecule has 116 valence electrons. The molecule has 0 saturated carbocycles. The van der Waals surface area contributed by atoms with Gasteiger partial charge in [-0.05, 0) is 25.0 Å². The highest BCUT2D eigenvalue weighted by Gasteiger charge is 2.49. The molecule has 1 aromatic rings. The predicted molar refractivity (Wildman–Crippen MR) is 66.6 cm³/mol. The van der Waals surface area contributed by atoms with Crippen LogP contribution in [0.5, 0.6) is 0 Å². The van der Waals surface area contributed by atoms with Crippen LogP contribution in [0.15, 0.2) is 24.3 Å². The van der Waals surface area contributed by atoms with Crippen LogP contribution in [0.3, 0.4) is 0 Å². The number of alkyl halides is 3. The molecule has 0 spiro atoms. The minimum absolute atomic E-state index is 0.183. The average Bonchev–Trinajstić information content (AvgIpc) is 3.16. The summed E-state index contributed by atoms with van der Waals surface area (Å²) >= 11 is 0. The molecule has 1 saturated heterocycles. The molecular formula is C14H15F3O4. The number of aryl methyl sites for hydroxylation is 1. The van der Waals surface area contributed by atoms with E-state index in [4.69, 9.17) is 9.47 Å². The number of carbonyl (C=O) groups is 1. The van der Waals surface area contributed by atoms with E-state index < -0.39 is 23.7 Å². The molecule has 1 aliphatic heterocycles. The van der Waals surface area contributed by atoms with Gasteiger partial charge in [0.05, 0.1) is 12.2 Å². The van der Waals surface area contributed by atoms with E-state index in [1.165, 1.54) is 6.07 Å². The number of hydrogen-bond donors (Lipinski definition) is 0. The third kappa shape index (κ3) is 4.35. The van der Waals surface area contributed by atoms with Crippen molar-refractivity contribution in [1.82, 2.24) is 0 Å². The van der Waals surface area contributed by atoms with E-state index in [0.29, 0.717) is 12.0 Å². The molecule has 2 rings (SSSR count). The van der Waals surface area contributed by atoms with Crippen LogP contribution in [0.4, 0.5) is 18.0 Å². The minimum Gasteiger partial charge on any atom is -0.435 e. The highest BCUT2D eigenvalue weighted by molar-refractivity contribution is 5.60. The van der Waals surface area contributed by atoms with Crippen molar-refractivity contribution in [2.24, 2.45) is 0 Å². The van der Waals surface area contributed by atoms with Gasteiger partial charge in [-0.2, -0.15) is 13.2 Å². The SMILES string of the molecule is CCOC(=O)OC1(CCc2cccc(C(F)(F)F)c2)CO1. The van der Waals surface area contributed by atoms with E-state index >= 15 is 0 Å². The standard InChI is InChI=1S/C14H15F3O4/c1-2-19-12(18)21-13(9-20-13)7-6-10-4-3-5-11(8-10)14(15,16)17/h3-5,8H,2,6-7,9H2,1H3. The van der Waals surface area contributed by atoms with Crippen molar-refractivity contribution in [2.45, 2.75) is 31.7 Å². The van der Waals surface area contributed by atoms with Gasteiger partial charge in [0, 0.05) is 6.42 Å².